The molecule has 2 atom stereocenters. The van der Waals surface area contributed by atoms with Gasteiger partial charge in [-0.05, 0) is 18.6 Å². The van der Waals surface area contributed by atoms with Gasteiger partial charge in [0.15, 0.2) is 5.82 Å². The maximum atomic E-state index is 9.60. The second kappa shape index (κ2) is 4.68. The summed E-state index contributed by atoms with van der Waals surface area (Å²) in [6.07, 6.45) is 2.40. The molecule has 0 bridgehead atoms. The molecule has 3 aromatic rings. The van der Waals surface area contributed by atoms with E-state index >= 15 is 0 Å². The molecule has 1 aliphatic rings. The molecule has 3 N–H and O–H groups in total. The van der Waals surface area contributed by atoms with E-state index in [4.69, 9.17) is 0 Å². The summed E-state index contributed by atoms with van der Waals surface area (Å²) >= 11 is 0. The number of hydrogen-bond acceptors (Lipinski definition) is 4. The van der Waals surface area contributed by atoms with Crippen LogP contribution in [0, 0.1) is 0 Å². The van der Waals surface area contributed by atoms with Gasteiger partial charge in [0.05, 0.1) is 12.1 Å². The lowest BCUT2D eigenvalue weighted by Gasteiger charge is -2.04. The van der Waals surface area contributed by atoms with Gasteiger partial charge in [-0.25, -0.2) is 4.98 Å². The summed E-state index contributed by atoms with van der Waals surface area (Å²) in [4.78, 5) is 4.61. The zero-order valence-electron chi connectivity index (χ0n) is 11.7. The first-order valence-electron chi connectivity index (χ1n) is 7.10. The van der Waals surface area contributed by atoms with Gasteiger partial charge < -0.3 is 15.0 Å². The average molecular weight is 283 g/mol. The zero-order chi connectivity index (χ0) is 14.4. The Kier molecular flexibility index (Phi) is 2.80. The number of hydrogen-bond donors (Lipinski definition) is 3. The van der Waals surface area contributed by atoms with Crippen molar-refractivity contribution < 1.29 is 5.11 Å². The Bertz CT molecular complexity index is 790. The number of aliphatic hydroxyl groups excluding tert-OH is 1. The standard InChI is InChI=1S/C15H17N5O/c1-20-6-5-10-11(3-2-4-13(10)20)14-17-15(19-18-14)12-7-9(21)8-16-12/h2-6,9,12,16,21H,7-8H2,1H3,(H,17,18,19)/t9-,12+/m1/s1. The molecule has 2 aromatic heterocycles. The van der Waals surface area contributed by atoms with Crippen molar-refractivity contribution in [1.82, 2.24) is 25.1 Å². The molecule has 21 heavy (non-hydrogen) atoms. The third-order valence-electron chi connectivity index (χ3n) is 4.11. The molecule has 6 nitrogen and oxygen atoms in total. The fourth-order valence-electron chi connectivity index (χ4n) is 2.97. The molecule has 108 valence electrons. The molecule has 6 heteroatoms. The van der Waals surface area contributed by atoms with E-state index in [1.165, 1.54) is 0 Å². The van der Waals surface area contributed by atoms with Crippen molar-refractivity contribution in [3.8, 4) is 11.4 Å². The van der Waals surface area contributed by atoms with Crippen LogP contribution in [0.25, 0.3) is 22.3 Å². The molecule has 3 heterocycles. The van der Waals surface area contributed by atoms with Crippen LogP contribution < -0.4 is 5.32 Å². The van der Waals surface area contributed by atoms with Crippen LogP contribution in [0.15, 0.2) is 30.5 Å². The van der Waals surface area contributed by atoms with Crippen LogP contribution in [-0.4, -0.2) is 37.5 Å². The van der Waals surface area contributed by atoms with E-state index in [1.807, 2.05) is 25.4 Å². The summed E-state index contributed by atoms with van der Waals surface area (Å²) in [6, 6.07) is 8.27. The molecule has 0 aliphatic carbocycles. The van der Waals surface area contributed by atoms with E-state index in [-0.39, 0.29) is 12.1 Å². The van der Waals surface area contributed by atoms with Crippen molar-refractivity contribution in [2.45, 2.75) is 18.6 Å². The smallest absolute Gasteiger partial charge is 0.181 e. The Balaban J connectivity index is 1.74. The number of H-pyrrole nitrogens is 1. The summed E-state index contributed by atoms with van der Waals surface area (Å²) in [5, 5.41) is 21.3. The quantitative estimate of drug-likeness (QED) is 0.663. The lowest BCUT2D eigenvalue weighted by molar-refractivity contribution is 0.193. The molecule has 4 rings (SSSR count). The predicted molar refractivity (Wildman–Crippen MR) is 79.7 cm³/mol. The monoisotopic (exact) mass is 283 g/mol. The highest BCUT2D eigenvalue weighted by molar-refractivity contribution is 5.93. The van der Waals surface area contributed by atoms with Gasteiger partial charge in [-0.2, -0.15) is 5.10 Å². The van der Waals surface area contributed by atoms with Crippen molar-refractivity contribution in [1.29, 1.82) is 0 Å². The number of fused-ring (bicyclic) bond motifs is 1. The van der Waals surface area contributed by atoms with Gasteiger partial charge in [-0.3, -0.25) is 5.10 Å². The second-order valence-electron chi connectivity index (χ2n) is 5.56. The van der Waals surface area contributed by atoms with Gasteiger partial charge >= 0.3 is 0 Å². The first kappa shape index (κ1) is 12.6. The fraction of sp³-hybridized carbons (Fsp3) is 0.333. The normalized spacial score (nSPS) is 22.2. The lowest BCUT2D eigenvalue weighted by Crippen LogP contribution is -2.15. The van der Waals surface area contributed by atoms with E-state index in [9.17, 15) is 5.11 Å². The third-order valence-corrected chi connectivity index (χ3v) is 4.11. The number of aromatic amines is 1. The highest BCUT2D eigenvalue weighted by Crippen LogP contribution is 2.28. The molecule has 1 aliphatic heterocycles. The van der Waals surface area contributed by atoms with Crippen LogP contribution >= 0.6 is 0 Å². The molecule has 1 aromatic carbocycles. The van der Waals surface area contributed by atoms with Gasteiger partial charge in [0, 0.05) is 36.3 Å². The highest BCUT2D eigenvalue weighted by atomic mass is 16.3. The Hall–Kier alpha value is -2.18. The van der Waals surface area contributed by atoms with E-state index in [0.29, 0.717) is 18.8 Å². The van der Waals surface area contributed by atoms with Crippen LogP contribution in [0.3, 0.4) is 0 Å². The van der Waals surface area contributed by atoms with Crippen molar-refractivity contribution in [3.05, 3.63) is 36.3 Å². The number of nitrogens with zero attached hydrogens (tertiary/aromatic N) is 3. The van der Waals surface area contributed by atoms with Crippen molar-refractivity contribution in [3.63, 3.8) is 0 Å². The number of aromatic nitrogens is 4. The lowest BCUT2D eigenvalue weighted by atomic mass is 10.1. The van der Waals surface area contributed by atoms with Gasteiger partial charge in [-0.15, -0.1) is 0 Å². The van der Waals surface area contributed by atoms with E-state index < -0.39 is 0 Å². The van der Waals surface area contributed by atoms with Crippen molar-refractivity contribution in [2.75, 3.05) is 6.54 Å². The SMILES string of the molecule is Cn1ccc2c(-c3n[nH]c([C@@H]4C[C@@H](O)CN4)n3)cccc21. The molecular weight excluding hydrogens is 266 g/mol. The summed E-state index contributed by atoms with van der Waals surface area (Å²) < 4.78 is 2.08. The number of aliphatic hydroxyl groups is 1. The molecule has 0 radical (unpaired) electrons. The molecule has 1 saturated heterocycles. The molecule has 0 saturated carbocycles. The zero-order valence-corrected chi connectivity index (χ0v) is 11.7. The maximum Gasteiger partial charge on any atom is 0.181 e. The van der Waals surface area contributed by atoms with Gasteiger partial charge in [-0.1, -0.05) is 12.1 Å². The fourth-order valence-corrected chi connectivity index (χ4v) is 2.97. The Morgan fingerprint density at radius 2 is 2.24 bits per heavy atom. The van der Waals surface area contributed by atoms with Crippen molar-refractivity contribution >= 4 is 10.9 Å². The van der Waals surface area contributed by atoms with Crippen LogP contribution in [-0.2, 0) is 7.05 Å². The minimum absolute atomic E-state index is 0.0521. The van der Waals surface area contributed by atoms with Gasteiger partial charge in [0.2, 0.25) is 0 Å². The second-order valence-corrected chi connectivity index (χ2v) is 5.56. The molecular formula is C15H17N5O. The van der Waals surface area contributed by atoms with Gasteiger partial charge in [0.1, 0.15) is 5.82 Å². The predicted octanol–water partition coefficient (Wildman–Crippen LogP) is 1.36. The van der Waals surface area contributed by atoms with Crippen LogP contribution in [0.4, 0.5) is 0 Å². The van der Waals surface area contributed by atoms with E-state index in [0.717, 1.165) is 22.3 Å². The Morgan fingerprint density at radius 3 is 3.05 bits per heavy atom. The molecule has 0 unspecified atom stereocenters. The number of nitrogens with one attached hydrogen (secondary N) is 2. The minimum Gasteiger partial charge on any atom is -0.392 e. The summed E-state index contributed by atoms with van der Waals surface area (Å²) in [5.41, 5.74) is 2.18. The number of benzene rings is 1. The van der Waals surface area contributed by atoms with Crippen LogP contribution in [0.1, 0.15) is 18.3 Å². The number of aryl methyl sites for hydroxylation is 1. The Morgan fingerprint density at radius 1 is 1.33 bits per heavy atom. The number of β-amino-alcohol motifs (C(OH)–C–C–N with tert-alkyl or cyclic N) is 1. The first-order valence-corrected chi connectivity index (χ1v) is 7.10. The van der Waals surface area contributed by atoms with Crippen LogP contribution in [0.5, 0.6) is 0 Å². The molecule has 0 spiro atoms. The maximum absolute atomic E-state index is 9.60. The molecule has 0 amide bonds. The Labute approximate surface area is 121 Å². The van der Waals surface area contributed by atoms with Gasteiger partial charge in [0.25, 0.3) is 0 Å². The topological polar surface area (TPSA) is 78.8 Å². The van der Waals surface area contributed by atoms with Crippen molar-refractivity contribution in [2.24, 2.45) is 7.05 Å². The number of rotatable bonds is 2. The summed E-state index contributed by atoms with van der Waals surface area (Å²) in [5.74, 6) is 1.49. The van der Waals surface area contributed by atoms with E-state index in [1.54, 1.807) is 0 Å². The highest BCUT2D eigenvalue weighted by Gasteiger charge is 2.26. The minimum atomic E-state index is -0.305. The summed E-state index contributed by atoms with van der Waals surface area (Å²) in [6.45, 7) is 0.606. The average Bonchev–Trinajstić information content (AvgIpc) is 3.19. The largest absolute Gasteiger partial charge is 0.392 e. The van der Waals surface area contributed by atoms with E-state index in [2.05, 4.69) is 37.2 Å². The summed E-state index contributed by atoms with van der Waals surface area (Å²) in [7, 11) is 2.03. The van der Waals surface area contributed by atoms with Crippen LogP contribution in [0.2, 0.25) is 0 Å². The molecule has 1 fully saturated rings. The third kappa shape index (κ3) is 2.03. The first-order chi connectivity index (χ1) is 10.2.